The van der Waals surface area contributed by atoms with Gasteiger partial charge in [0, 0.05) is 13.0 Å². The van der Waals surface area contributed by atoms with Crippen LogP contribution in [0.4, 0.5) is 0 Å². The van der Waals surface area contributed by atoms with Crippen LogP contribution in [0.2, 0.25) is 0 Å². The molecular formula is C32H30O7. The maximum absolute atomic E-state index is 12.5. The van der Waals surface area contributed by atoms with E-state index in [1.807, 2.05) is 91.9 Å². The highest BCUT2D eigenvalue weighted by Crippen LogP contribution is 2.21. The summed E-state index contributed by atoms with van der Waals surface area (Å²) in [6.07, 6.45) is -0.170. The average Bonchev–Trinajstić information content (AvgIpc) is 3.01. The number of hydrogen-bond acceptors (Lipinski definition) is 7. The van der Waals surface area contributed by atoms with Crippen LogP contribution in [0.5, 0.6) is 0 Å². The first-order valence-corrected chi connectivity index (χ1v) is 12.8. The second-order valence-corrected chi connectivity index (χ2v) is 8.65. The molecule has 0 heterocycles. The van der Waals surface area contributed by atoms with Gasteiger partial charge in [-0.1, -0.05) is 91.9 Å². The van der Waals surface area contributed by atoms with Crippen LogP contribution in [-0.4, -0.2) is 31.4 Å². The van der Waals surface area contributed by atoms with E-state index in [1.165, 1.54) is 0 Å². The second kappa shape index (κ2) is 14.6. The van der Waals surface area contributed by atoms with E-state index in [9.17, 15) is 9.59 Å². The Morgan fingerprint density at radius 2 is 0.974 bits per heavy atom. The Morgan fingerprint density at radius 3 is 1.38 bits per heavy atom. The summed E-state index contributed by atoms with van der Waals surface area (Å²) in [6.45, 7) is 2.79. The predicted molar refractivity (Wildman–Crippen MR) is 146 cm³/mol. The molecule has 0 N–H and O–H groups in total. The molecule has 7 heteroatoms. The Bertz CT molecular complexity index is 1210. The van der Waals surface area contributed by atoms with Gasteiger partial charge < -0.3 is 4.74 Å². The van der Waals surface area contributed by atoms with E-state index in [0.29, 0.717) is 17.7 Å². The van der Waals surface area contributed by atoms with Gasteiger partial charge in [0.25, 0.3) is 0 Å². The second-order valence-electron chi connectivity index (χ2n) is 8.65. The van der Waals surface area contributed by atoms with Gasteiger partial charge >= 0.3 is 11.9 Å². The molecule has 7 nitrogen and oxygen atoms in total. The average molecular weight is 527 g/mol. The molecule has 0 unspecified atom stereocenters. The monoisotopic (exact) mass is 526 g/mol. The van der Waals surface area contributed by atoms with E-state index in [-0.39, 0.29) is 13.0 Å². The maximum Gasteiger partial charge on any atom is 0.373 e. The van der Waals surface area contributed by atoms with Gasteiger partial charge in [0.1, 0.15) is 0 Å². The van der Waals surface area contributed by atoms with Crippen molar-refractivity contribution in [1.29, 1.82) is 0 Å². The molecule has 39 heavy (non-hydrogen) atoms. The maximum atomic E-state index is 12.5. The van der Waals surface area contributed by atoms with Crippen molar-refractivity contribution >= 4 is 11.9 Å². The lowest BCUT2D eigenvalue weighted by molar-refractivity contribution is -0.422. The fourth-order valence-electron chi connectivity index (χ4n) is 3.69. The standard InChI is InChI=1S/C32H30O7/c1-2-22-35-23-21-30(36-38-31(33)28-17-13-26(14-18-28)24-9-5-3-6-10-24)37-39-32(34)29-19-15-27(16-20-29)25-11-7-4-8-12-25/h3-20,30H,2,21-23H2,1H3. The van der Waals surface area contributed by atoms with E-state index in [2.05, 4.69) is 0 Å². The zero-order valence-corrected chi connectivity index (χ0v) is 21.7. The van der Waals surface area contributed by atoms with Gasteiger partial charge in [-0.2, -0.15) is 0 Å². The van der Waals surface area contributed by atoms with Gasteiger partial charge in [0.15, 0.2) is 0 Å². The number of ether oxygens (including phenoxy) is 1. The lowest BCUT2D eigenvalue weighted by Gasteiger charge is -2.15. The van der Waals surface area contributed by atoms with Crippen LogP contribution in [0.1, 0.15) is 40.5 Å². The molecule has 4 rings (SSSR count). The molecule has 4 aromatic rings. The molecule has 200 valence electrons. The first-order chi connectivity index (χ1) is 19.1. The Kier molecular flexibility index (Phi) is 10.4. The molecule has 0 spiro atoms. The first kappa shape index (κ1) is 27.7. The van der Waals surface area contributed by atoms with Crippen LogP contribution in [0, 0.1) is 0 Å². The van der Waals surface area contributed by atoms with Gasteiger partial charge in [-0.25, -0.2) is 9.59 Å². The molecule has 0 saturated carbocycles. The third-order valence-electron chi connectivity index (χ3n) is 5.76. The van der Waals surface area contributed by atoms with E-state index in [0.717, 1.165) is 28.7 Å². The van der Waals surface area contributed by atoms with E-state index >= 15 is 0 Å². The Morgan fingerprint density at radius 1 is 0.564 bits per heavy atom. The number of benzene rings is 4. The van der Waals surface area contributed by atoms with Crippen LogP contribution in [-0.2, 0) is 24.3 Å². The molecule has 0 aliphatic carbocycles. The molecule has 0 bridgehead atoms. The van der Waals surface area contributed by atoms with Crippen LogP contribution in [0.25, 0.3) is 22.3 Å². The van der Waals surface area contributed by atoms with Crippen molar-refractivity contribution in [2.75, 3.05) is 13.2 Å². The molecule has 0 aliphatic heterocycles. The molecule has 0 aromatic heterocycles. The van der Waals surface area contributed by atoms with Crippen LogP contribution in [0.3, 0.4) is 0 Å². The number of hydrogen-bond donors (Lipinski definition) is 0. The van der Waals surface area contributed by atoms with Gasteiger partial charge in [-0.05, 0) is 52.9 Å². The molecule has 0 amide bonds. The Balaban J connectivity index is 1.32. The lowest BCUT2D eigenvalue weighted by atomic mass is 10.0. The van der Waals surface area contributed by atoms with Crippen molar-refractivity contribution < 1.29 is 33.9 Å². The minimum atomic E-state index is -1.18. The first-order valence-electron chi connectivity index (χ1n) is 12.8. The van der Waals surface area contributed by atoms with Crippen LogP contribution < -0.4 is 0 Å². The largest absolute Gasteiger partial charge is 0.381 e. The molecule has 0 fully saturated rings. The Hall–Kier alpha value is -4.30. The van der Waals surface area contributed by atoms with Crippen molar-refractivity contribution in [3.8, 4) is 22.3 Å². The predicted octanol–water partition coefficient (Wildman–Crippen LogP) is 7.04. The van der Waals surface area contributed by atoms with Crippen LogP contribution >= 0.6 is 0 Å². The molecule has 0 aliphatic rings. The summed E-state index contributed by atoms with van der Waals surface area (Å²) >= 11 is 0. The highest BCUT2D eigenvalue weighted by Gasteiger charge is 2.20. The van der Waals surface area contributed by atoms with Crippen molar-refractivity contribution in [1.82, 2.24) is 0 Å². The smallest absolute Gasteiger partial charge is 0.373 e. The summed E-state index contributed by atoms with van der Waals surface area (Å²) in [4.78, 5) is 45.4. The van der Waals surface area contributed by atoms with Gasteiger partial charge in [0.05, 0.1) is 17.7 Å². The molecule has 0 saturated heterocycles. The van der Waals surface area contributed by atoms with Crippen molar-refractivity contribution in [3.05, 3.63) is 120 Å². The zero-order valence-electron chi connectivity index (χ0n) is 21.7. The third kappa shape index (κ3) is 8.35. The third-order valence-corrected chi connectivity index (χ3v) is 5.76. The summed E-state index contributed by atoms with van der Waals surface area (Å²) < 4.78 is 5.47. The normalized spacial score (nSPS) is 10.8. The summed E-state index contributed by atoms with van der Waals surface area (Å²) in [7, 11) is 0. The van der Waals surface area contributed by atoms with Crippen LogP contribution in [0.15, 0.2) is 109 Å². The fraction of sp³-hybridized carbons (Fsp3) is 0.188. The van der Waals surface area contributed by atoms with E-state index < -0.39 is 18.2 Å². The van der Waals surface area contributed by atoms with E-state index in [1.54, 1.807) is 24.3 Å². The van der Waals surface area contributed by atoms with Crippen molar-refractivity contribution in [2.24, 2.45) is 0 Å². The quantitative estimate of drug-likeness (QED) is 0.0800. The van der Waals surface area contributed by atoms with Crippen molar-refractivity contribution in [3.63, 3.8) is 0 Å². The highest BCUT2D eigenvalue weighted by atomic mass is 17.3. The fourth-order valence-corrected chi connectivity index (χ4v) is 3.69. The number of carbonyl (C=O) groups excluding carboxylic acids is 2. The summed E-state index contributed by atoms with van der Waals surface area (Å²) in [5.74, 6) is -1.42. The number of carbonyl (C=O) groups is 2. The number of rotatable bonds is 13. The topological polar surface area (TPSA) is 80.3 Å². The van der Waals surface area contributed by atoms with Gasteiger partial charge in [0.2, 0.25) is 6.29 Å². The van der Waals surface area contributed by atoms with E-state index in [4.69, 9.17) is 24.3 Å². The van der Waals surface area contributed by atoms with Gasteiger partial charge in [-0.3, -0.25) is 9.78 Å². The molecule has 4 aromatic carbocycles. The molecular weight excluding hydrogens is 496 g/mol. The Labute approximate surface area is 227 Å². The van der Waals surface area contributed by atoms with Crippen molar-refractivity contribution in [2.45, 2.75) is 26.1 Å². The summed E-state index contributed by atoms with van der Waals surface area (Å²) in [5, 5.41) is 0. The lowest BCUT2D eigenvalue weighted by Crippen LogP contribution is -2.24. The SMILES string of the molecule is CCCOCCC(OOC(=O)c1ccc(-c2ccccc2)cc1)OOC(=O)c1ccc(-c2ccccc2)cc1. The molecule has 0 radical (unpaired) electrons. The summed E-state index contributed by atoms with van der Waals surface area (Å²) in [6, 6.07) is 33.5. The highest BCUT2D eigenvalue weighted by molar-refractivity contribution is 5.90. The minimum absolute atomic E-state index is 0.167. The summed E-state index contributed by atoms with van der Waals surface area (Å²) in [5.41, 5.74) is 4.59. The minimum Gasteiger partial charge on any atom is -0.381 e. The zero-order chi connectivity index (χ0) is 27.3. The molecule has 0 atom stereocenters. The van der Waals surface area contributed by atoms with Gasteiger partial charge in [-0.15, -0.1) is 9.78 Å².